The van der Waals surface area contributed by atoms with Gasteiger partial charge < -0.3 is 20.3 Å². The van der Waals surface area contributed by atoms with E-state index in [1.54, 1.807) is 7.05 Å². The largest absolute Gasteiger partial charge is 0.379 e. The fourth-order valence-electron chi connectivity index (χ4n) is 2.80. The average Bonchev–Trinajstić information content (AvgIpc) is 2.63. The van der Waals surface area contributed by atoms with E-state index < -0.39 is 0 Å². The molecule has 25 heavy (non-hydrogen) atoms. The van der Waals surface area contributed by atoms with E-state index >= 15 is 0 Å². The van der Waals surface area contributed by atoms with E-state index in [0.29, 0.717) is 6.54 Å². The van der Waals surface area contributed by atoms with Crippen molar-refractivity contribution in [2.45, 2.75) is 25.9 Å². The van der Waals surface area contributed by atoms with Crippen molar-refractivity contribution in [3.63, 3.8) is 0 Å². The van der Waals surface area contributed by atoms with Crippen LogP contribution < -0.4 is 15.5 Å². The van der Waals surface area contributed by atoms with Crippen LogP contribution in [-0.2, 0) is 11.3 Å². The topological polar surface area (TPSA) is 65.0 Å². The van der Waals surface area contributed by atoms with Crippen LogP contribution in [-0.4, -0.2) is 75.4 Å². The van der Waals surface area contributed by atoms with Crippen LogP contribution in [0.1, 0.15) is 19.4 Å². The van der Waals surface area contributed by atoms with Gasteiger partial charge in [-0.25, -0.2) is 4.98 Å². The first-order chi connectivity index (χ1) is 11.9. The van der Waals surface area contributed by atoms with Crippen LogP contribution in [0.5, 0.6) is 0 Å². The Balaban J connectivity index is 1.85. The zero-order chi connectivity index (χ0) is 18.3. The van der Waals surface area contributed by atoms with Crippen molar-refractivity contribution in [2.24, 2.45) is 4.99 Å². The minimum atomic E-state index is 0.0517. The van der Waals surface area contributed by atoms with Gasteiger partial charge in [-0.3, -0.25) is 9.89 Å². The van der Waals surface area contributed by atoms with E-state index in [2.05, 4.69) is 45.4 Å². The summed E-state index contributed by atoms with van der Waals surface area (Å²) in [5.74, 6) is 1.76. The Morgan fingerprint density at radius 3 is 2.68 bits per heavy atom. The minimum absolute atomic E-state index is 0.0517. The van der Waals surface area contributed by atoms with Crippen LogP contribution in [0.2, 0.25) is 0 Å². The van der Waals surface area contributed by atoms with Crippen molar-refractivity contribution in [1.82, 2.24) is 20.5 Å². The molecule has 0 radical (unpaired) electrons. The summed E-state index contributed by atoms with van der Waals surface area (Å²) in [5, 5.41) is 6.82. The molecule has 0 unspecified atom stereocenters. The first-order valence-electron chi connectivity index (χ1n) is 8.82. The first kappa shape index (κ1) is 19.5. The van der Waals surface area contributed by atoms with E-state index in [4.69, 9.17) is 4.74 Å². The fraction of sp³-hybridized carbons (Fsp3) is 0.667. The van der Waals surface area contributed by atoms with E-state index in [1.807, 2.05) is 31.3 Å². The zero-order valence-electron chi connectivity index (χ0n) is 16.2. The lowest BCUT2D eigenvalue weighted by Gasteiger charge is -2.41. The van der Waals surface area contributed by atoms with Gasteiger partial charge in [0.15, 0.2) is 5.96 Å². The summed E-state index contributed by atoms with van der Waals surface area (Å²) in [5.41, 5.74) is 1.23. The van der Waals surface area contributed by atoms with Gasteiger partial charge >= 0.3 is 0 Å². The Morgan fingerprint density at radius 2 is 2.04 bits per heavy atom. The Labute approximate surface area is 151 Å². The molecule has 1 aliphatic heterocycles. The molecule has 1 aromatic rings. The standard InChI is InChI=1S/C18H32N6O/c1-18(2,24-8-10-25-11-9-24)14-22-17(19-3)21-13-15-6-7-20-16(12-15)23(4)5/h6-7,12H,8-11,13-14H2,1-5H3,(H2,19,21,22). The molecule has 0 bridgehead atoms. The predicted octanol–water partition coefficient (Wildman–Crippen LogP) is 0.923. The molecule has 0 amide bonds. The summed E-state index contributed by atoms with van der Waals surface area (Å²) < 4.78 is 5.45. The predicted molar refractivity (Wildman–Crippen MR) is 103 cm³/mol. The van der Waals surface area contributed by atoms with Crippen molar-refractivity contribution in [3.8, 4) is 0 Å². The number of rotatable bonds is 6. The maximum absolute atomic E-state index is 5.45. The number of morpholine rings is 1. The molecule has 1 fully saturated rings. The van der Waals surface area contributed by atoms with E-state index in [9.17, 15) is 0 Å². The van der Waals surface area contributed by atoms with E-state index in [-0.39, 0.29) is 5.54 Å². The van der Waals surface area contributed by atoms with Gasteiger partial charge in [-0.05, 0) is 31.5 Å². The highest BCUT2D eigenvalue weighted by atomic mass is 16.5. The lowest BCUT2D eigenvalue weighted by atomic mass is 10.0. The molecule has 2 N–H and O–H groups in total. The van der Waals surface area contributed by atoms with Gasteiger partial charge in [-0.1, -0.05) is 0 Å². The van der Waals surface area contributed by atoms with Crippen LogP contribution in [0.4, 0.5) is 5.82 Å². The number of guanidine groups is 1. The molecule has 2 heterocycles. The van der Waals surface area contributed by atoms with Crippen molar-refractivity contribution in [2.75, 3.05) is 58.9 Å². The number of hydrogen-bond donors (Lipinski definition) is 2. The molecule has 7 nitrogen and oxygen atoms in total. The Morgan fingerprint density at radius 1 is 1.32 bits per heavy atom. The molecule has 0 atom stereocenters. The summed E-state index contributed by atoms with van der Waals surface area (Å²) in [6.07, 6.45) is 1.84. The third kappa shape index (κ3) is 5.86. The maximum atomic E-state index is 5.45. The van der Waals surface area contributed by atoms with Gasteiger partial charge in [-0.2, -0.15) is 0 Å². The van der Waals surface area contributed by atoms with Crippen molar-refractivity contribution < 1.29 is 4.74 Å². The number of anilines is 1. The number of ether oxygens (including phenoxy) is 1. The van der Waals surface area contributed by atoms with Gasteiger partial charge in [0.2, 0.25) is 0 Å². The molecule has 0 aromatic carbocycles. The van der Waals surface area contributed by atoms with Gasteiger partial charge in [0.05, 0.1) is 13.2 Å². The van der Waals surface area contributed by atoms with Crippen molar-refractivity contribution in [1.29, 1.82) is 0 Å². The molecule has 1 saturated heterocycles. The van der Waals surface area contributed by atoms with Crippen LogP contribution in [0.25, 0.3) is 0 Å². The zero-order valence-corrected chi connectivity index (χ0v) is 16.2. The second kappa shape index (κ2) is 9.01. The number of nitrogens with one attached hydrogen (secondary N) is 2. The number of nitrogens with zero attached hydrogens (tertiary/aromatic N) is 4. The normalized spacial score (nSPS) is 16.6. The maximum Gasteiger partial charge on any atom is 0.191 e. The molecule has 0 saturated carbocycles. The smallest absolute Gasteiger partial charge is 0.191 e. The van der Waals surface area contributed by atoms with Crippen LogP contribution >= 0.6 is 0 Å². The number of aromatic nitrogens is 1. The Bertz CT molecular complexity index is 566. The summed E-state index contributed by atoms with van der Waals surface area (Å²) in [7, 11) is 5.79. The average molecular weight is 348 g/mol. The molecular formula is C18H32N6O. The molecule has 1 aliphatic rings. The van der Waals surface area contributed by atoms with E-state index in [0.717, 1.165) is 44.6 Å². The molecule has 0 spiro atoms. The number of aliphatic imine (C=N–C) groups is 1. The molecule has 140 valence electrons. The third-order valence-corrected chi connectivity index (χ3v) is 4.51. The molecule has 0 aliphatic carbocycles. The Kier molecular flexibility index (Phi) is 7.01. The second-order valence-electron chi connectivity index (χ2n) is 7.11. The summed E-state index contributed by atoms with van der Waals surface area (Å²) in [4.78, 5) is 13.1. The third-order valence-electron chi connectivity index (χ3n) is 4.51. The van der Waals surface area contributed by atoms with Gasteiger partial charge in [0.25, 0.3) is 0 Å². The van der Waals surface area contributed by atoms with E-state index in [1.165, 1.54) is 5.56 Å². The summed E-state index contributed by atoms with van der Waals surface area (Å²) in [6.45, 7) is 9.62. The van der Waals surface area contributed by atoms with Crippen LogP contribution in [0, 0.1) is 0 Å². The van der Waals surface area contributed by atoms with Gasteiger partial charge in [0.1, 0.15) is 5.82 Å². The molecule has 1 aromatic heterocycles. The highest BCUT2D eigenvalue weighted by molar-refractivity contribution is 5.79. The van der Waals surface area contributed by atoms with Gasteiger partial charge in [0, 0.05) is 59.1 Å². The minimum Gasteiger partial charge on any atom is -0.379 e. The lowest BCUT2D eigenvalue weighted by Crippen LogP contribution is -2.56. The highest BCUT2D eigenvalue weighted by Gasteiger charge is 2.28. The van der Waals surface area contributed by atoms with Crippen molar-refractivity contribution >= 4 is 11.8 Å². The highest BCUT2D eigenvalue weighted by Crippen LogP contribution is 2.15. The fourth-order valence-corrected chi connectivity index (χ4v) is 2.80. The van der Waals surface area contributed by atoms with Crippen LogP contribution in [0.15, 0.2) is 23.3 Å². The summed E-state index contributed by atoms with van der Waals surface area (Å²) >= 11 is 0. The SMILES string of the molecule is CN=C(NCc1ccnc(N(C)C)c1)NCC(C)(C)N1CCOCC1. The second-order valence-corrected chi connectivity index (χ2v) is 7.11. The Hall–Kier alpha value is -1.86. The van der Waals surface area contributed by atoms with Crippen LogP contribution in [0.3, 0.4) is 0 Å². The quantitative estimate of drug-likeness (QED) is 0.589. The molecule has 7 heteroatoms. The van der Waals surface area contributed by atoms with Gasteiger partial charge in [-0.15, -0.1) is 0 Å². The summed E-state index contributed by atoms with van der Waals surface area (Å²) in [6, 6.07) is 4.10. The van der Waals surface area contributed by atoms with Crippen molar-refractivity contribution in [3.05, 3.63) is 23.9 Å². The number of hydrogen-bond acceptors (Lipinski definition) is 5. The lowest BCUT2D eigenvalue weighted by molar-refractivity contribution is -0.00834. The number of pyridine rings is 1. The molecular weight excluding hydrogens is 316 g/mol. The first-order valence-corrected chi connectivity index (χ1v) is 8.82. The molecule has 2 rings (SSSR count). The monoisotopic (exact) mass is 348 g/mol.